The van der Waals surface area contributed by atoms with Crippen LogP contribution in [-0.4, -0.2) is 12.3 Å². The Morgan fingerprint density at radius 1 is 1.27 bits per heavy atom. The van der Waals surface area contributed by atoms with E-state index < -0.39 is 0 Å². The summed E-state index contributed by atoms with van der Waals surface area (Å²) in [6.07, 6.45) is 5.93. The molecule has 0 aromatic rings. The molecule has 2 heteroatoms. The predicted octanol–water partition coefficient (Wildman–Crippen LogP) is 2.68. The zero-order valence-electron chi connectivity index (χ0n) is 9.80. The number of carbonyl (C=O) groups is 1. The summed E-state index contributed by atoms with van der Waals surface area (Å²) in [6.45, 7) is 6.60. The predicted molar refractivity (Wildman–Crippen MR) is 63.6 cm³/mol. The van der Waals surface area contributed by atoms with Crippen LogP contribution in [-0.2, 0) is 4.79 Å². The van der Waals surface area contributed by atoms with Crippen LogP contribution in [0.4, 0.5) is 0 Å². The van der Waals surface area contributed by atoms with Gasteiger partial charge in [-0.25, -0.2) is 0 Å². The highest BCUT2D eigenvalue weighted by Gasteiger charge is 2.24. The lowest BCUT2D eigenvalue weighted by Gasteiger charge is -2.26. The molecule has 0 spiro atoms. The van der Waals surface area contributed by atoms with Crippen molar-refractivity contribution in [3.8, 4) is 0 Å². The highest BCUT2D eigenvalue weighted by Crippen LogP contribution is 2.29. The fourth-order valence-electron chi connectivity index (χ4n) is 2.26. The Morgan fingerprint density at radius 2 is 1.87 bits per heavy atom. The van der Waals surface area contributed by atoms with Crippen LogP contribution >= 0.6 is 0 Å². The topological polar surface area (TPSA) is 43.1 Å². The Labute approximate surface area is 92.9 Å². The molecule has 0 saturated heterocycles. The van der Waals surface area contributed by atoms with E-state index in [2.05, 4.69) is 6.58 Å². The van der Waals surface area contributed by atoms with Gasteiger partial charge in [-0.05, 0) is 51.5 Å². The smallest absolute Gasteiger partial charge is 0.136 e. The van der Waals surface area contributed by atoms with E-state index in [1.165, 1.54) is 0 Å². The Morgan fingerprint density at radius 3 is 2.33 bits per heavy atom. The fourth-order valence-corrected chi connectivity index (χ4v) is 2.26. The number of allylic oxidation sites excluding steroid dienone is 1. The molecule has 0 heterocycles. The normalized spacial score (nSPS) is 26.3. The minimum Gasteiger partial charge on any atom is -0.330 e. The summed E-state index contributed by atoms with van der Waals surface area (Å²) in [4.78, 5) is 11.8. The van der Waals surface area contributed by atoms with Gasteiger partial charge in [0.1, 0.15) is 5.78 Å². The fraction of sp³-hybridized carbons (Fsp3) is 0.769. The molecule has 15 heavy (non-hydrogen) atoms. The molecule has 1 saturated carbocycles. The molecule has 1 aliphatic carbocycles. The number of rotatable bonds is 5. The van der Waals surface area contributed by atoms with Gasteiger partial charge in [-0.2, -0.15) is 0 Å². The molecule has 0 aliphatic heterocycles. The van der Waals surface area contributed by atoms with Crippen molar-refractivity contribution in [3.63, 3.8) is 0 Å². The summed E-state index contributed by atoms with van der Waals surface area (Å²) in [5, 5.41) is 0. The molecule has 1 aliphatic rings. The van der Waals surface area contributed by atoms with E-state index in [0.29, 0.717) is 24.0 Å². The second-order valence-corrected chi connectivity index (χ2v) is 4.88. The Balaban J connectivity index is 2.27. The van der Waals surface area contributed by atoms with E-state index >= 15 is 0 Å². The molecule has 0 bridgehead atoms. The third kappa shape index (κ3) is 4.17. The van der Waals surface area contributed by atoms with Gasteiger partial charge in [0.15, 0.2) is 0 Å². The summed E-state index contributed by atoms with van der Waals surface area (Å²) in [5.74, 6) is 1.41. The van der Waals surface area contributed by atoms with E-state index in [-0.39, 0.29) is 0 Å². The van der Waals surface area contributed by atoms with Crippen LogP contribution in [0.25, 0.3) is 0 Å². The molecule has 0 aromatic carbocycles. The lowest BCUT2D eigenvalue weighted by molar-refractivity contribution is -0.124. The zero-order valence-corrected chi connectivity index (χ0v) is 9.80. The van der Waals surface area contributed by atoms with Crippen LogP contribution in [0.2, 0.25) is 0 Å². The first-order valence-electron chi connectivity index (χ1n) is 6.00. The SMILES string of the molecule is C=C(C)CCC(=O)C1CCC(CN)CC1. The van der Waals surface area contributed by atoms with E-state index in [4.69, 9.17) is 5.73 Å². The molecule has 2 nitrogen and oxygen atoms in total. The van der Waals surface area contributed by atoms with Gasteiger partial charge >= 0.3 is 0 Å². The van der Waals surface area contributed by atoms with E-state index in [9.17, 15) is 4.79 Å². The van der Waals surface area contributed by atoms with Crippen molar-refractivity contribution in [2.75, 3.05) is 6.54 Å². The van der Waals surface area contributed by atoms with Crippen molar-refractivity contribution < 1.29 is 4.79 Å². The number of hydrogen-bond donors (Lipinski definition) is 1. The van der Waals surface area contributed by atoms with Crippen LogP contribution in [0, 0.1) is 11.8 Å². The first-order chi connectivity index (χ1) is 7.13. The Bertz CT molecular complexity index is 227. The molecule has 1 fully saturated rings. The summed E-state index contributed by atoms with van der Waals surface area (Å²) < 4.78 is 0. The van der Waals surface area contributed by atoms with Crippen molar-refractivity contribution in [2.24, 2.45) is 17.6 Å². The lowest BCUT2D eigenvalue weighted by Crippen LogP contribution is -2.25. The maximum Gasteiger partial charge on any atom is 0.136 e. The van der Waals surface area contributed by atoms with Crippen molar-refractivity contribution in [1.82, 2.24) is 0 Å². The molecule has 0 atom stereocenters. The summed E-state index contributed by atoms with van der Waals surface area (Å²) >= 11 is 0. The molecule has 0 radical (unpaired) electrons. The zero-order chi connectivity index (χ0) is 11.3. The second-order valence-electron chi connectivity index (χ2n) is 4.88. The number of hydrogen-bond acceptors (Lipinski definition) is 2. The van der Waals surface area contributed by atoms with E-state index in [1.807, 2.05) is 6.92 Å². The van der Waals surface area contributed by atoms with Gasteiger partial charge in [-0.1, -0.05) is 5.57 Å². The van der Waals surface area contributed by atoms with Gasteiger partial charge in [0.2, 0.25) is 0 Å². The first-order valence-corrected chi connectivity index (χ1v) is 6.00. The molecule has 0 unspecified atom stereocenters. The highest BCUT2D eigenvalue weighted by molar-refractivity contribution is 5.81. The quantitative estimate of drug-likeness (QED) is 0.707. The monoisotopic (exact) mass is 209 g/mol. The molecule has 0 aromatic heterocycles. The van der Waals surface area contributed by atoms with Gasteiger partial charge in [0, 0.05) is 12.3 Å². The third-order valence-corrected chi connectivity index (χ3v) is 3.43. The Hall–Kier alpha value is -0.630. The minimum atomic E-state index is 0.312. The summed E-state index contributed by atoms with van der Waals surface area (Å²) in [5.41, 5.74) is 6.74. The van der Waals surface area contributed by atoms with Gasteiger partial charge in [-0.3, -0.25) is 4.79 Å². The van der Waals surface area contributed by atoms with Gasteiger partial charge in [0.25, 0.3) is 0 Å². The first kappa shape index (κ1) is 12.4. The van der Waals surface area contributed by atoms with Crippen molar-refractivity contribution in [3.05, 3.63) is 12.2 Å². The number of carbonyl (C=O) groups excluding carboxylic acids is 1. The van der Waals surface area contributed by atoms with Crippen LogP contribution in [0.5, 0.6) is 0 Å². The van der Waals surface area contributed by atoms with Crippen molar-refractivity contribution in [1.29, 1.82) is 0 Å². The summed E-state index contributed by atoms with van der Waals surface area (Å²) in [6, 6.07) is 0. The Kier molecular flexibility index (Phi) is 5.03. The molecular weight excluding hydrogens is 186 g/mol. The van der Waals surface area contributed by atoms with Crippen molar-refractivity contribution in [2.45, 2.75) is 45.4 Å². The van der Waals surface area contributed by atoms with Crippen LogP contribution in [0.1, 0.15) is 45.4 Å². The lowest BCUT2D eigenvalue weighted by atomic mass is 9.79. The maximum absolute atomic E-state index is 11.8. The minimum absolute atomic E-state index is 0.312. The average molecular weight is 209 g/mol. The van der Waals surface area contributed by atoms with Crippen molar-refractivity contribution >= 4 is 5.78 Å². The van der Waals surface area contributed by atoms with Crippen LogP contribution < -0.4 is 5.73 Å². The van der Waals surface area contributed by atoms with Gasteiger partial charge in [-0.15, -0.1) is 6.58 Å². The van der Waals surface area contributed by atoms with Gasteiger partial charge < -0.3 is 5.73 Å². The van der Waals surface area contributed by atoms with E-state index in [0.717, 1.165) is 44.2 Å². The molecule has 0 amide bonds. The van der Waals surface area contributed by atoms with Crippen LogP contribution in [0.15, 0.2) is 12.2 Å². The second kappa shape index (κ2) is 6.06. The van der Waals surface area contributed by atoms with E-state index in [1.54, 1.807) is 0 Å². The third-order valence-electron chi connectivity index (χ3n) is 3.43. The largest absolute Gasteiger partial charge is 0.330 e. The molecule has 2 N–H and O–H groups in total. The number of nitrogens with two attached hydrogens (primary N) is 1. The summed E-state index contributed by atoms with van der Waals surface area (Å²) in [7, 11) is 0. The average Bonchev–Trinajstić information content (AvgIpc) is 2.26. The molecule has 1 rings (SSSR count). The molecule has 86 valence electrons. The number of Topliss-reactive ketones (excluding diaryl/α,β-unsaturated/α-hetero) is 1. The number of ketones is 1. The highest BCUT2D eigenvalue weighted by atomic mass is 16.1. The van der Waals surface area contributed by atoms with Gasteiger partial charge in [0.05, 0.1) is 0 Å². The maximum atomic E-state index is 11.8. The standard InChI is InChI=1S/C13H23NO/c1-10(2)3-8-13(15)12-6-4-11(9-14)5-7-12/h11-12H,1,3-9,14H2,2H3. The van der Waals surface area contributed by atoms with Crippen LogP contribution in [0.3, 0.4) is 0 Å². The molecular formula is C13H23NO.